The van der Waals surface area contributed by atoms with Crippen molar-refractivity contribution in [1.82, 2.24) is 0 Å². The van der Waals surface area contributed by atoms with Crippen LogP contribution in [-0.4, -0.2) is 42.4 Å². The van der Waals surface area contributed by atoms with Crippen molar-refractivity contribution in [2.45, 2.75) is 32.0 Å². The van der Waals surface area contributed by atoms with E-state index < -0.39 is 12.2 Å². The maximum absolute atomic E-state index is 13.0. The zero-order chi connectivity index (χ0) is 22.5. The molecule has 8 heteroatoms. The van der Waals surface area contributed by atoms with Crippen molar-refractivity contribution in [3.8, 4) is 17.2 Å². The molecule has 0 saturated heterocycles. The fraction of sp³-hybridized carbons (Fsp3) is 0.375. The summed E-state index contributed by atoms with van der Waals surface area (Å²) in [6.07, 6.45) is 2.32. The van der Waals surface area contributed by atoms with Gasteiger partial charge in [0.2, 0.25) is 13.1 Å². The number of hydrogen-bond acceptors (Lipinski definition) is 7. The normalized spacial score (nSPS) is 21.6. The number of rotatable bonds is 8. The molecule has 0 bridgehead atoms. The Bertz CT molecular complexity index is 990. The molecule has 4 rings (SSSR count). The highest BCUT2D eigenvalue weighted by molar-refractivity contribution is 6.03. The van der Waals surface area contributed by atoms with Gasteiger partial charge < -0.3 is 34.5 Å². The molecule has 2 aliphatic heterocycles. The Balaban J connectivity index is 1.68. The van der Waals surface area contributed by atoms with Gasteiger partial charge in [0.05, 0.1) is 5.69 Å². The second kappa shape index (κ2) is 9.93. The van der Waals surface area contributed by atoms with Gasteiger partial charge in [-0.25, -0.2) is 0 Å². The first-order valence-electron chi connectivity index (χ1n) is 10.7. The average molecular weight is 441 g/mol. The van der Waals surface area contributed by atoms with E-state index >= 15 is 0 Å². The molecule has 2 aromatic rings. The molecule has 2 aromatic carbocycles. The lowest BCUT2D eigenvalue weighted by Crippen LogP contribution is -2.37. The Morgan fingerprint density at radius 1 is 1.19 bits per heavy atom. The lowest BCUT2D eigenvalue weighted by atomic mass is 9.80. The number of aromatic hydroxyl groups is 1. The molecule has 170 valence electrons. The summed E-state index contributed by atoms with van der Waals surface area (Å²) < 4.78 is 22.8. The quantitative estimate of drug-likeness (QED) is 0.538. The summed E-state index contributed by atoms with van der Waals surface area (Å²) in [5, 5.41) is 22.1. The van der Waals surface area contributed by atoms with E-state index in [0.29, 0.717) is 30.9 Å². The van der Waals surface area contributed by atoms with Gasteiger partial charge in [0.15, 0.2) is 17.3 Å². The summed E-state index contributed by atoms with van der Waals surface area (Å²) in [7, 11) is 0. The Labute approximate surface area is 186 Å². The van der Waals surface area contributed by atoms with Crippen LogP contribution in [0.2, 0.25) is 0 Å². The number of amides is 1. The number of aliphatic hydroxyl groups is 1. The van der Waals surface area contributed by atoms with Gasteiger partial charge in [-0.2, -0.15) is 0 Å². The van der Waals surface area contributed by atoms with Gasteiger partial charge in [0.1, 0.15) is 5.75 Å². The van der Waals surface area contributed by atoms with Crippen LogP contribution in [0.1, 0.15) is 31.2 Å². The molecule has 8 nitrogen and oxygen atoms in total. The van der Waals surface area contributed by atoms with Crippen molar-refractivity contribution in [2.75, 3.05) is 25.3 Å². The fourth-order valence-corrected chi connectivity index (χ4v) is 4.03. The highest BCUT2D eigenvalue weighted by Gasteiger charge is 2.38. The summed E-state index contributed by atoms with van der Waals surface area (Å²) in [5.74, 6) is 0.576. The average Bonchev–Trinajstić information content (AvgIpc) is 3.27. The Morgan fingerprint density at radius 3 is 2.78 bits per heavy atom. The van der Waals surface area contributed by atoms with Crippen molar-refractivity contribution in [1.29, 1.82) is 0 Å². The number of carbonyl (C=O) groups is 1. The maximum Gasteiger partial charge on any atom is 0.290 e. The lowest BCUT2D eigenvalue weighted by molar-refractivity contribution is -0.165. The van der Waals surface area contributed by atoms with Gasteiger partial charge in [0, 0.05) is 25.0 Å². The molecule has 0 saturated carbocycles. The van der Waals surface area contributed by atoms with Gasteiger partial charge >= 0.3 is 0 Å². The minimum absolute atomic E-state index is 0.0354. The zero-order valence-corrected chi connectivity index (χ0v) is 17.8. The number of phenols is 1. The summed E-state index contributed by atoms with van der Waals surface area (Å²) >= 11 is 0. The molecule has 2 aliphatic rings. The van der Waals surface area contributed by atoms with E-state index in [-0.39, 0.29) is 42.4 Å². The molecule has 1 amide bonds. The van der Waals surface area contributed by atoms with Crippen LogP contribution in [0.4, 0.5) is 5.69 Å². The van der Waals surface area contributed by atoms with Crippen molar-refractivity contribution < 1.29 is 34.0 Å². The van der Waals surface area contributed by atoms with Gasteiger partial charge in [-0.3, -0.25) is 4.79 Å². The number of anilines is 1. The molecule has 0 unspecified atom stereocenters. The van der Waals surface area contributed by atoms with Crippen molar-refractivity contribution in [2.24, 2.45) is 5.92 Å². The summed E-state index contributed by atoms with van der Waals surface area (Å²) in [6, 6.07) is 12.2. The molecular weight excluding hydrogens is 414 g/mol. The first-order valence-corrected chi connectivity index (χ1v) is 10.7. The maximum atomic E-state index is 13.0. The molecule has 3 N–H and O–H groups in total. The standard InChI is InChI=1S/C24H27NO7/c1-2-29-24-16(6-5-11-26)17(15-9-10-20-21(12-15)31-14-30-20)13-22(32-24)23(28)25-18-7-3-4-8-19(18)27/h3-4,7-10,12-13,16-17,24,26-27H,2,5-6,11,14H2,1H3,(H,25,28)/t16-,17-,24-/m0/s1. The second-order valence-corrected chi connectivity index (χ2v) is 7.61. The van der Waals surface area contributed by atoms with E-state index in [9.17, 15) is 15.0 Å². The minimum atomic E-state index is -0.669. The van der Waals surface area contributed by atoms with Crippen LogP contribution >= 0.6 is 0 Å². The number of nitrogens with one attached hydrogen (secondary N) is 1. The fourth-order valence-electron chi connectivity index (χ4n) is 4.03. The van der Waals surface area contributed by atoms with E-state index in [1.165, 1.54) is 6.07 Å². The number of para-hydroxylation sites is 2. The predicted octanol–water partition coefficient (Wildman–Crippen LogP) is 3.51. The number of ether oxygens (including phenoxy) is 4. The van der Waals surface area contributed by atoms with Gasteiger partial charge in [-0.05, 0) is 55.7 Å². The van der Waals surface area contributed by atoms with E-state index in [1.54, 1.807) is 24.3 Å². The van der Waals surface area contributed by atoms with Crippen molar-refractivity contribution in [3.63, 3.8) is 0 Å². The van der Waals surface area contributed by atoms with E-state index in [0.717, 1.165) is 5.56 Å². The van der Waals surface area contributed by atoms with Crippen LogP contribution in [0.3, 0.4) is 0 Å². The third kappa shape index (κ3) is 4.66. The molecule has 0 aliphatic carbocycles. The molecule has 32 heavy (non-hydrogen) atoms. The Morgan fingerprint density at radius 2 is 2.00 bits per heavy atom. The molecular formula is C24H27NO7. The highest BCUT2D eigenvalue weighted by Crippen LogP contribution is 2.43. The second-order valence-electron chi connectivity index (χ2n) is 7.61. The van der Waals surface area contributed by atoms with Crippen LogP contribution in [-0.2, 0) is 14.3 Å². The third-order valence-electron chi connectivity index (χ3n) is 5.57. The predicted molar refractivity (Wildman–Crippen MR) is 116 cm³/mol. The molecule has 0 fully saturated rings. The Hall–Kier alpha value is -3.23. The number of carbonyl (C=O) groups excluding carboxylic acids is 1. The third-order valence-corrected chi connectivity index (χ3v) is 5.57. The number of aliphatic hydroxyl groups excluding tert-OH is 1. The largest absolute Gasteiger partial charge is 0.506 e. The van der Waals surface area contributed by atoms with Crippen LogP contribution < -0.4 is 14.8 Å². The van der Waals surface area contributed by atoms with Crippen LogP contribution in [0.25, 0.3) is 0 Å². The molecule has 3 atom stereocenters. The van der Waals surface area contributed by atoms with Gasteiger partial charge in [-0.15, -0.1) is 0 Å². The zero-order valence-electron chi connectivity index (χ0n) is 17.8. The highest BCUT2D eigenvalue weighted by atomic mass is 16.7. The number of benzene rings is 2. The first-order chi connectivity index (χ1) is 15.6. The summed E-state index contributed by atoms with van der Waals surface area (Å²) in [5.41, 5.74) is 1.22. The van der Waals surface area contributed by atoms with Crippen LogP contribution in [0, 0.1) is 5.92 Å². The van der Waals surface area contributed by atoms with Crippen LogP contribution in [0.5, 0.6) is 17.2 Å². The van der Waals surface area contributed by atoms with Crippen molar-refractivity contribution >= 4 is 11.6 Å². The molecule has 0 spiro atoms. The van der Waals surface area contributed by atoms with Gasteiger partial charge in [-0.1, -0.05) is 18.2 Å². The molecule has 2 heterocycles. The SMILES string of the molecule is CCO[C@H]1OC(C(=O)Nc2ccccc2O)=C[C@@H](c2ccc3c(c2)OCO3)[C@@H]1CCCO. The van der Waals surface area contributed by atoms with Crippen molar-refractivity contribution in [3.05, 3.63) is 59.9 Å². The topological polar surface area (TPSA) is 106 Å². The number of allylic oxidation sites excluding steroid dienone is 1. The number of fused-ring (bicyclic) bond motifs is 1. The minimum Gasteiger partial charge on any atom is -0.506 e. The van der Waals surface area contributed by atoms with E-state index in [1.807, 2.05) is 25.1 Å². The number of phenolic OH excluding ortho intramolecular Hbond substituents is 1. The van der Waals surface area contributed by atoms with E-state index in [2.05, 4.69) is 5.32 Å². The smallest absolute Gasteiger partial charge is 0.290 e. The Kier molecular flexibility index (Phi) is 6.82. The monoisotopic (exact) mass is 441 g/mol. The summed E-state index contributed by atoms with van der Waals surface area (Å²) in [6.45, 7) is 2.49. The van der Waals surface area contributed by atoms with Crippen LogP contribution in [0.15, 0.2) is 54.3 Å². The summed E-state index contributed by atoms with van der Waals surface area (Å²) in [4.78, 5) is 13.0. The van der Waals surface area contributed by atoms with E-state index in [4.69, 9.17) is 18.9 Å². The molecule has 0 aromatic heterocycles. The lowest BCUT2D eigenvalue weighted by Gasteiger charge is -2.37. The number of hydrogen-bond donors (Lipinski definition) is 3. The van der Waals surface area contributed by atoms with Gasteiger partial charge in [0.25, 0.3) is 5.91 Å². The first kappa shape index (κ1) is 22.0. The molecule has 0 radical (unpaired) electrons.